The predicted octanol–water partition coefficient (Wildman–Crippen LogP) is 7.45. The standard InChI is InChI=1S/C34H32F4N6O2/c1-6-29(45)40-24-16-25(42-34-39-14-13-23(41-34)22-18-44(4)26-12-8-7-10-20(22)26)28(46-5)17-27(24)43(3)15-9-11-21-32(37)30(35)19(2)31(36)33(21)38/h6-8,10,12-14,16-18H,1,9,11,15H2,2-5H3,(H,40,45)(H,39,41,42). The van der Waals surface area contributed by atoms with Crippen LogP contribution in [-0.2, 0) is 18.3 Å². The summed E-state index contributed by atoms with van der Waals surface area (Å²) in [5, 5.41) is 6.98. The fraction of sp³-hybridized carbons (Fsp3) is 0.206. The van der Waals surface area contributed by atoms with Crippen LogP contribution < -0.4 is 20.3 Å². The number of benzene rings is 3. The first-order valence-electron chi connectivity index (χ1n) is 14.4. The summed E-state index contributed by atoms with van der Waals surface area (Å²) in [6.07, 6.45) is 4.63. The van der Waals surface area contributed by atoms with Crippen molar-refractivity contribution in [3.8, 4) is 17.0 Å². The molecule has 0 unspecified atom stereocenters. The van der Waals surface area contributed by atoms with E-state index in [0.717, 1.165) is 29.5 Å². The van der Waals surface area contributed by atoms with Crippen molar-refractivity contribution in [2.75, 3.05) is 36.2 Å². The van der Waals surface area contributed by atoms with Gasteiger partial charge in [0.05, 0.1) is 29.9 Å². The summed E-state index contributed by atoms with van der Waals surface area (Å²) in [5.74, 6) is -5.42. The van der Waals surface area contributed by atoms with Gasteiger partial charge in [-0.2, -0.15) is 0 Å². The van der Waals surface area contributed by atoms with Crippen LogP contribution in [0.1, 0.15) is 17.5 Å². The van der Waals surface area contributed by atoms with Gasteiger partial charge in [0.2, 0.25) is 11.9 Å². The van der Waals surface area contributed by atoms with Crippen LogP contribution >= 0.6 is 0 Å². The molecule has 0 aliphatic rings. The molecule has 12 heteroatoms. The molecule has 0 bridgehead atoms. The Morgan fingerprint density at radius 3 is 2.48 bits per heavy atom. The summed E-state index contributed by atoms with van der Waals surface area (Å²) in [7, 11) is 5.14. The van der Waals surface area contributed by atoms with E-state index in [1.807, 2.05) is 48.1 Å². The number of aromatic nitrogens is 3. The third-order valence-corrected chi connectivity index (χ3v) is 7.74. The summed E-state index contributed by atoms with van der Waals surface area (Å²) in [4.78, 5) is 23.2. The minimum Gasteiger partial charge on any atom is -0.494 e. The molecule has 46 heavy (non-hydrogen) atoms. The van der Waals surface area contributed by atoms with Crippen molar-refractivity contribution in [2.45, 2.75) is 19.8 Å². The highest BCUT2D eigenvalue weighted by atomic mass is 19.2. The van der Waals surface area contributed by atoms with Gasteiger partial charge in [0.1, 0.15) is 5.75 Å². The van der Waals surface area contributed by atoms with Crippen LogP contribution in [0.5, 0.6) is 5.75 Å². The fourth-order valence-corrected chi connectivity index (χ4v) is 5.29. The van der Waals surface area contributed by atoms with Gasteiger partial charge < -0.3 is 24.8 Å². The quantitative estimate of drug-likeness (QED) is 0.0895. The average molecular weight is 633 g/mol. The lowest BCUT2D eigenvalue weighted by Crippen LogP contribution is -2.22. The van der Waals surface area contributed by atoms with E-state index in [4.69, 9.17) is 9.72 Å². The molecule has 0 radical (unpaired) electrons. The molecule has 0 atom stereocenters. The third-order valence-electron chi connectivity index (χ3n) is 7.74. The van der Waals surface area contributed by atoms with Crippen LogP contribution in [0.25, 0.3) is 22.2 Å². The minimum atomic E-state index is -1.41. The molecule has 0 saturated heterocycles. The van der Waals surface area contributed by atoms with Gasteiger partial charge in [-0.1, -0.05) is 24.8 Å². The zero-order valence-corrected chi connectivity index (χ0v) is 25.7. The van der Waals surface area contributed by atoms with Crippen LogP contribution in [-0.4, -0.2) is 41.1 Å². The highest BCUT2D eigenvalue weighted by molar-refractivity contribution is 6.02. The Hall–Kier alpha value is -5.39. The number of para-hydroxylation sites is 1. The molecule has 238 valence electrons. The van der Waals surface area contributed by atoms with Crippen molar-refractivity contribution in [1.82, 2.24) is 14.5 Å². The monoisotopic (exact) mass is 632 g/mol. The molecule has 0 spiro atoms. The van der Waals surface area contributed by atoms with Crippen LogP contribution in [0.3, 0.4) is 0 Å². The van der Waals surface area contributed by atoms with E-state index in [-0.39, 0.29) is 25.3 Å². The topological polar surface area (TPSA) is 84.3 Å². The number of rotatable bonds is 11. The van der Waals surface area contributed by atoms with Crippen molar-refractivity contribution < 1.29 is 27.1 Å². The van der Waals surface area contributed by atoms with Gasteiger partial charge in [-0.15, -0.1) is 0 Å². The van der Waals surface area contributed by atoms with Gasteiger partial charge in [-0.3, -0.25) is 4.79 Å². The maximum Gasteiger partial charge on any atom is 0.247 e. The number of ether oxygens (including phenoxy) is 1. The predicted molar refractivity (Wildman–Crippen MR) is 172 cm³/mol. The first kappa shape index (κ1) is 32.0. The van der Waals surface area contributed by atoms with E-state index in [2.05, 4.69) is 22.2 Å². The number of amides is 1. The maximum atomic E-state index is 14.4. The summed E-state index contributed by atoms with van der Waals surface area (Å²) in [6.45, 7) is 4.70. The Morgan fingerprint density at radius 2 is 1.78 bits per heavy atom. The first-order chi connectivity index (χ1) is 22.0. The molecule has 8 nitrogen and oxygen atoms in total. The normalized spacial score (nSPS) is 11.0. The van der Waals surface area contributed by atoms with E-state index < -0.39 is 40.3 Å². The van der Waals surface area contributed by atoms with Crippen LogP contribution in [0, 0.1) is 30.2 Å². The van der Waals surface area contributed by atoms with Crippen LogP contribution in [0.2, 0.25) is 0 Å². The second-order valence-corrected chi connectivity index (χ2v) is 10.7. The highest BCUT2D eigenvalue weighted by Gasteiger charge is 2.23. The van der Waals surface area contributed by atoms with Crippen molar-refractivity contribution in [1.29, 1.82) is 0 Å². The smallest absolute Gasteiger partial charge is 0.247 e. The van der Waals surface area contributed by atoms with E-state index in [1.165, 1.54) is 7.11 Å². The lowest BCUT2D eigenvalue weighted by Gasteiger charge is -2.25. The van der Waals surface area contributed by atoms with E-state index in [0.29, 0.717) is 28.5 Å². The molecule has 2 N–H and O–H groups in total. The largest absolute Gasteiger partial charge is 0.494 e. The van der Waals surface area contributed by atoms with Crippen molar-refractivity contribution >= 4 is 39.8 Å². The molecule has 2 aromatic heterocycles. The maximum absolute atomic E-state index is 14.4. The number of nitrogens with zero attached hydrogens (tertiary/aromatic N) is 4. The summed E-state index contributed by atoms with van der Waals surface area (Å²) < 4.78 is 64.7. The Labute approximate surface area is 263 Å². The number of aryl methyl sites for hydroxylation is 1. The lowest BCUT2D eigenvalue weighted by molar-refractivity contribution is -0.111. The average Bonchev–Trinajstić information content (AvgIpc) is 3.40. The van der Waals surface area contributed by atoms with Gasteiger partial charge in [0.15, 0.2) is 23.3 Å². The number of nitrogens with one attached hydrogen (secondary N) is 2. The molecular weight excluding hydrogens is 600 g/mol. The van der Waals surface area contributed by atoms with Gasteiger partial charge >= 0.3 is 0 Å². The van der Waals surface area contributed by atoms with Crippen molar-refractivity contribution in [2.24, 2.45) is 7.05 Å². The zero-order valence-electron chi connectivity index (χ0n) is 25.7. The molecule has 2 heterocycles. The second kappa shape index (κ2) is 13.3. The summed E-state index contributed by atoms with van der Waals surface area (Å²) >= 11 is 0. The van der Waals surface area contributed by atoms with E-state index >= 15 is 0 Å². The van der Waals surface area contributed by atoms with Gasteiger partial charge in [0.25, 0.3) is 0 Å². The number of hydrogen-bond acceptors (Lipinski definition) is 6. The molecule has 1 amide bonds. The van der Waals surface area contributed by atoms with Gasteiger partial charge in [0, 0.05) is 66.7 Å². The first-order valence-corrected chi connectivity index (χ1v) is 14.4. The Morgan fingerprint density at radius 1 is 1.07 bits per heavy atom. The van der Waals surface area contributed by atoms with E-state index in [9.17, 15) is 22.4 Å². The molecule has 0 aliphatic carbocycles. The number of hydrogen-bond donors (Lipinski definition) is 2. The number of fused-ring (bicyclic) bond motifs is 1. The third kappa shape index (κ3) is 6.23. The fourth-order valence-electron chi connectivity index (χ4n) is 5.29. The lowest BCUT2D eigenvalue weighted by atomic mass is 10.0. The molecular formula is C34H32F4N6O2. The molecule has 5 rings (SSSR count). The van der Waals surface area contributed by atoms with Crippen molar-refractivity contribution in [3.05, 3.63) is 102 Å². The number of methoxy groups -OCH3 is 1. The van der Waals surface area contributed by atoms with Crippen LogP contribution in [0.15, 0.2) is 67.5 Å². The number of anilines is 4. The highest BCUT2D eigenvalue weighted by Crippen LogP contribution is 2.38. The second-order valence-electron chi connectivity index (χ2n) is 10.7. The molecule has 5 aromatic rings. The minimum absolute atomic E-state index is 0.137. The number of halogens is 4. The zero-order chi connectivity index (χ0) is 33.1. The Bertz CT molecular complexity index is 1930. The Kier molecular flexibility index (Phi) is 9.26. The van der Waals surface area contributed by atoms with Gasteiger partial charge in [-0.05, 0) is 44.0 Å². The van der Waals surface area contributed by atoms with Gasteiger partial charge in [-0.25, -0.2) is 27.5 Å². The van der Waals surface area contributed by atoms with E-state index in [1.54, 1.807) is 30.3 Å². The van der Waals surface area contributed by atoms with Crippen molar-refractivity contribution in [3.63, 3.8) is 0 Å². The van der Waals surface area contributed by atoms with Crippen LogP contribution in [0.4, 0.5) is 40.6 Å². The summed E-state index contributed by atoms with van der Waals surface area (Å²) in [5.41, 5.74) is 2.65. The number of carbonyl (C=O) groups excluding carboxylic acids is 1. The summed E-state index contributed by atoms with van der Waals surface area (Å²) in [6, 6.07) is 13.1. The SMILES string of the molecule is C=CC(=O)Nc1cc(Nc2nccc(-c3cn(C)c4ccccc34)n2)c(OC)cc1N(C)CCCc1c(F)c(F)c(C)c(F)c1F. The number of carbonyl (C=O) groups is 1. The molecule has 0 fully saturated rings. The molecule has 3 aromatic carbocycles. The molecule has 0 saturated carbocycles. The Balaban J connectivity index is 1.42. The molecule has 0 aliphatic heterocycles.